The number of nitro groups is 1. The van der Waals surface area contributed by atoms with Crippen molar-refractivity contribution in [3.63, 3.8) is 0 Å². The predicted octanol–water partition coefficient (Wildman–Crippen LogP) is 3.09. The second kappa shape index (κ2) is 7.98. The molecule has 4 atom stereocenters. The number of nitrogens with one attached hydrogen (secondary N) is 1. The van der Waals surface area contributed by atoms with Crippen molar-refractivity contribution in [2.75, 3.05) is 13.7 Å². The summed E-state index contributed by atoms with van der Waals surface area (Å²) in [7, 11) is 1.29. The number of carbonyl (C=O) groups excluding carboxylic acids is 1. The molecule has 0 amide bonds. The van der Waals surface area contributed by atoms with Crippen molar-refractivity contribution in [3.05, 3.63) is 75.8 Å². The lowest BCUT2D eigenvalue weighted by Crippen LogP contribution is -2.45. The van der Waals surface area contributed by atoms with Crippen LogP contribution in [0.1, 0.15) is 36.9 Å². The van der Waals surface area contributed by atoms with Crippen LogP contribution in [-0.4, -0.2) is 36.2 Å². The van der Waals surface area contributed by atoms with E-state index in [1.807, 2.05) is 37.3 Å². The molecule has 0 saturated carbocycles. The zero-order valence-electron chi connectivity index (χ0n) is 16.1. The van der Waals surface area contributed by atoms with Crippen molar-refractivity contribution in [2.24, 2.45) is 0 Å². The molecule has 1 aliphatic heterocycles. The van der Waals surface area contributed by atoms with Crippen LogP contribution in [0.15, 0.2) is 54.6 Å². The summed E-state index contributed by atoms with van der Waals surface area (Å²) in [5, 5.41) is 15.5. The van der Waals surface area contributed by atoms with Crippen molar-refractivity contribution in [1.29, 1.82) is 0 Å². The third kappa shape index (κ3) is 3.33. The summed E-state index contributed by atoms with van der Waals surface area (Å²) in [6.45, 7) is 4.00. The first-order valence-electron chi connectivity index (χ1n) is 9.19. The maximum Gasteiger partial charge on any atom is 0.323 e. The fourth-order valence-corrected chi connectivity index (χ4v) is 4.06. The third-order valence-corrected chi connectivity index (χ3v) is 5.43. The molecule has 0 radical (unpaired) electrons. The number of esters is 1. The molecule has 0 aliphatic carbocycles. The van der Waals surface area contributed by atoms with Crippen LogP contribution in [0.2, 0.25) is 0 Å². The van der Waals surface area contributed by atoms with Crippen LogP contribution in [0.5, 0.6) is 5.75 Å². The van der Waals surface area contributed by atoms with Gasteiger partial charge in [-0.15, -0.1) is 0 Å². The molecule has 0 aromatic heterocycles. The highest BCUT2D eigenvalue weighted by Gasteiger charge is 2.64. The summed E-state index contributed by atoms with van der Waals surface area (Å²) < 4.78 is 10.4. The van der Waals surface area contributed by atoms with Crippen LogP contribution in [0.3, 0.4) is 0 Å². The van der Waals surface area contributed by atoms with Gasteiger partial charge in [0, 0.05) is 11.8 Å². The molecule has 1 N–H and O–H groups in total. The maximum atomic E-state index is 12.5. The van der Waals surface area contributed by atoms with Gasteiger partial charge >= 0.3 is 5.97 Å². The summed E-state index contributed by atoms with van der Waals surface area (Å²) in [5.74, 6) is -0.560. The number of ether oxygens (including phenoxy) is 2. The van der Waals surface area contributed by atoms with Gasteiger partial charge in [0.25, 0.3) is 0 Å². The third-order valence-electron chi connectivity index (χ3n) is 5.43. The number of rotatable bonds is 6. The van der Waals surface area contributed by atoms with E-state index in [0.717, 1.165) is 5.56 Å². The largest absolute Gasteiger partial charge is 0.494 e. The fraction of sp³-hybridized carbons (Fsp3) is 0.381. The van der Waals surface area contributed by atoms with E-state index in [2.05, 4.69) is 5.32 Å². The summed E-state index contributed by atoms with van der Waals surface area (Å²) in [5.41, 5.74) is -0.0131. The molecule has 1 fully saturated rings. The highest BCUT2D eigenvalue weighted by molar-refractivity contribution is 5.78. The lowest BCUT2D eigenvalue weighted by Gasteiger charge is -2.29. The van der Waals surface area contributed by atoms with Crippen LogP contribution in [-0.2, 0) is 9.53 Å². The Kier molecular flexibility index (Phi) is 5.65. The Balaban J connectivity index is 2.11. The Bertz CT molecular complexity index is 840. The van der Waals surface area contributed by atoms with E-state index >= 15 is 0 Å². The van der Waals surface area contributed by atoms with Gasteiger partial charge in [-0.1, -0.05) is 42.5 Å². The lowest BCUT2D eigenvalue weighted by atomic mass is 9.75. The second-order valence-corrected chi connectivity index (χ2v) is 6.97. The monoisotopic (exact) mass is 384 g/mol. The molecule has 3 rings (SSSR count). The van der Waals surface area contributed by atoms with Crippen LogP contribution in [0, 0.1) is 10.1 Å². The first-order chi connectivity index (χ1) is 13.4. The smallest absolute Gasteiger partial charge is 0.323 e. The van der Waals surface area contributed by atoms with Crippen molar-refractivity contribution in [2.45, 2.75) is 37.4 Å². The molecule has 1 saturated heterocycles. The average molecular weight is 384 g/mol. The molecule has 7 nitrogen and oxygen atoms in total. The zero-order valence-corrected chi connectivity index (χ0v) is 16.1. The normalized spacial score (nSPS) is 26.6. The standard InChI is InChI=1S/C21H24N2O5/c1-4-28-16-12-10-14(11-13-16)17-18(20(24)27-3)22-19(21(17,2)23(25)26)15-8-6-5-7-9-15/h5-13,17-19,22H,4H2,1-3H3/t17-,18+,19+,21+/m0/s1. The molecule has 2 aromatic rings. The minimum Gasteiger partial charge on any atom is -0.494 e. The molecule has 0 bridgehead atoms. The van der Waals surface area contributed by atoms with E-state index < -0.39 is 29.5 Å². The quantitative estimate of drug-likeness (QED) is 0.468. The topological polar surface area (TPSA) is 90.7 Å². The highest BCUT2D eigenvalue weighted by Crippen LogP contribution is 2.48. The van der Waals surface area contributed by atoms with Gasteiger partial charge in [-0.05, 0) is 30.2 Å². The lowest BCUT2D eigenvalue weighted by molar-refractivity contribution is -0.571. The number of benzene rings is 2. The minimum absolute atomic E-state index is 0.290. The molecule has 0 unspecified atom stereocenters. The van der Waals surface area contributed by atoms with Crippen molar-refractivity contribution >= 4 is 5.97 Å². The number of nitrogens with zero attached hydrogens (tertiary/aromatic N) is 1. The first kappa shape index (κ1) is 19.8. The van der Waals surface area contributed by atoms with Crippen LogP contribution < -0.4 is 10.1 Å². The second-order valence-electron chi connectivity index (χ2n) is 6.97. The highest BCUT2D eigenvalue weighted by atomic mass is 16.6. The van der Waals surface area contributed by atoms with Gasteiger partial charge in [-0.25, -0.2) is 0 Å². The van der Waals surface area contributed by atoms with Crippen LogP contribution >= 0.6 is 0 Å². The van der Waals surface area contributed by atoms with Gasteiger partial charge in [-0.3, -0.25) is 20.2 Å². The number of carbonyl (C=O) groups is 1. The van der Waals surface area contributed by atoms with E-state index in [-0.39, 0.29) is 4.92 Å². The molecule has 0 spiro atoms. The SMILES string of the molecule is CCOc1ccc([C@H]2[C@H](C(=O)OC)N[C@H](c3ccccc3)[C@]2(C)[N+](=O)[O-])cc1. The van der Waals surface area contributed by atoms with Gasteiger partial charge in [-0.2, -0.15) is 0 Å². The zero-order chi connectivity index (χ0) is 20.3. The molecule has 148 valence electrons. The van der Waals surface area contributed by atoms with Crippen LogP contribution in [0.25, 0.3) is 0 Å². The Morgan fingerprint density at radius 1 is 1.14 bits per heavy atom. The summed E-state index contributed by atoms with van der Waals surface area (Å²) >= 11 is 0. The average Bonchev–Trinajstić information content (AvgIpc) is 3.03. The predicted molar refractivity (Wildman–Crippen MR) is 104 cm³/mol. The molecule has 7 heteroatoms. The molecule has 1 heterocycles. The molecule has 28 heavy (non-hydrogen) atoms. The van der Waals surface area contributed by atoms with E-state index in [1.54, 1.807) is 31.2 Å². The van der Waals surface area contributed by atoms with E-state index in [1.165, 1.54) is 7.11 Å². The Labute approximate surface area is 163 Å². The summed E-state index contributed by atoms with van der Waals surface area (Å²) in [6.07, 6.45) is 0. The van der Waals surface area contributed by atoms with Gasteiger partial charge in [0.1, 0.15) is 17.8 Å². The Hall–Kier alpha value is -2.93. The molecule has 1 aliphatic rings. The minimum atomic E-state index is -1.45. The number of hydrogen-bond donors (Lipinski definition) is 1. The summed E-state index contributed by atoms with van der Waals surface area (Å²) in [4.78, 5) is 24.5. The van der Waals surface area contributed by atoms with Crippen LogP contribution in [0.4, 0.5) is 0 Å². The Morgan fingerprint density at radius 2 is 1.79 bits per heavy atom. The molecular weight excluding hydrogens is 360 g/mol. The summed E-state index contributed by atoms with van der Waals surface area (Å²) in [6, 6.07) is 14.8. The van der Waals surface area contributed by atoms with E-state index in [0.29, 0.717) is 17.9 Å². The van der Waals surface area contributed by atoms with Gasteiger partial charge in [0.05, 0.1) is 19.6 Å². The van der Waals surface area contributed by atoms with Crippen molar-refractivity contribution in [3.8, 4) is 5.75 Å². The maximum absolute atomic E-state index is 12.5. The Morgan fingerprint density at radius 3 is 2.32 bits per heavy atom. The fourth-order valence-electron chi connectivity index (χ4n) is 4.06. The van der Waals surface area contributed by atoms with E-state index in [9.17, 15) is 14.9 Å². The van der Waals surface area contributed by atoms with Gasteiger partial charge < -0.3 is 9.47 Å². The molecular formula is C21H24N2O5. The number of methoxy groups -OCH3 is 1. The molecule has 2 aromatic carbocycles. The van der Waals surface area contributed by atoms with Gasteiger partial charge in [0.15, 0.2) is 0 Å². The number of hydrogen-bond acceptors (Lipinski definition) is 6. The van der Waals surface area contributed by atoms with E-state index in [4.69, 9.17) is 9.47 Å². The van der Waals surface area contributed by atoms with Crippen molar-refractivity contribution < 1.29 is 19.2 Å². The first-order valence-corrected chi connectivity index (χ1v) is 9.19. The van der Waals surface area contributed by atoms with Crippen molar-refractivity contribution in [1.82, 2.24) is 5.32 Å². The van der Waals surface area contributed by atoms with Gasteiger partial charge in [0.2, 0.25) is 5.54 Å².